The summed E-state index contributed by atoms with van der Waals surface area (Å²) in [6.07, 6.45) is -6.42. The Balaban J connectivity index is 1.65. The topological polar surface area (TPSA) is 92.8 Å². The molecule has 1 saturated carbocycles. The summed E-state index contributed by atoms with van der Waals surface area (Å²) in [4.78, 5) is 17.2. The van der Waals surface area contributed by atoms with Crippen LogP contribution in [0.15, 0.2) is 4.99 Å². The number of alkyl halides is 5. The van der Waals surface area contributed by atoms with Crippen molar-refractivity contribution in [1.82, 2.24) is 31.9 Å². The molecule has 3 rings (SSSR count). The van der Waals surface area contributed by atoms with E-state index in [0.29, 0.717) is 13.0 Å². The Bertz CT molecular complexity index is 734. The molecule has 2 aliphatic heterocycles. The van der Waals surface area contributed by atoms with Crippen LogP contribution in [0.2, 0.25) is 0 Å². The summed E-state index contributed by atoms with van der Waals surface area (Å²) < 4.78 is 67.9. The largest absolute Gasteiger partial charge is 0.405 e. The van der Waals surface area contributed by atoms with E-state index < -0.39 is 42.6 Å². The highest BCUT2D eigenvalue weighted by atomic mass is 19.4. The first kappa shape index (κ1) is 27.0. The first-order chi connectivity index (χ1) is 15.7. The van der Waals surface area contributed by atoms with Gasteiger partial charge in [-0.15, -0.1) is 0 Å². The van der Waals surface area contributed by atoms with Crippen molar-refractivity contribution in [2.45, 2.75) is 83.2 Å². The molecule has 34 heavy (non-hydrogen) atoms. The third-order valence-corrected chi connectivity index (χ3v) is 6.32. The molecule has 0 aromatic heterocycles. The number of halogens is 5. The van der Waals surface area contributed by atoms with E-state index in [-0.39, 0.29) is 49.1 Å². The molecule has 6 atom stereocenters. The third-order valence-electron chi connectivity index (χ3n) is 6.32. The number of hydrogen-bond donors (Lipinski definition) is 5. The first-order valence-electron chi connectivity index (χ1n) is 11.7. The van der Waals surface area contributed by atoms with Crippen LogP contribution in [-0.4, -0.2) is 73.8 Å². The summed E-state index contributed by atoms with van der Waals surface area (Å²) >= 11 is 0. The van der Waals surface area contributed by atoms with E-state index in [9.17, 15) is 26.7 Å². The molecule has 8 nitrogen and oxygen atoms in total. The summed E-state index contributed by atoms with van der Waals surface area (Å²) in [6.45, 7) is 6.05. The number of rotatable bonds is 4. The number of aliphatic imine (C=N–C) groups is 1. The van der Waals surface area contributed by atoms with Crippen LogP contribution >= 0.6 is 0 Å². The molecule has 5 N–H and O–H groups in total. The van der Waals surface area contributed by atoms with Crippen LogP contribution in [0.25, 0.3) is 0 Å². The van der Waals surface area contributed by atoms with Crippen LogP contribution in [0.4, 0.5) is 22.0 Å². The SMILES string of the molecule is CN1CC(C(=O)NC(=NCC(C)(C)C)NC2CC(C3CC(F)CC(F)C3)NN2)C(C(F)(F)F)N1. The monoisotopic (exact) mass is 497 g/mol. The fraction of sp³-hybridized carbons (Fsp3) is 0.905. The van der Waals surface area contributed by atoms with Gasteiger partial charge in [-0.05, 0) is 30.6 Å². The summed E-state index contributed by atoms with van der Waals surface area (Å²) in [5.41, 5.74) is 8.12. The molecule has 1 aliphatic carbocycles. The zero-order chi connectivity index (χ0) is 25.3. The average molecular weight is 498 g/mol. The van der Waals surface area contributed by atoms with E-state index in [2.05, 4.69) is 31.9 Å². The molecule has 2 saturated heterocycles. The smallest absolute Gasteiger partial charge is 0.339 e. The standard InChI is InChI=1S/C21H36F5N7O/c1-20(2,3)10-27-19(29-18(34)14-9-33(4)32-17(14)21(24,25)26)28-16-8-15(30-31-16)11-5-12(22)7-13(23)6-11/h11-17,30-32H,5-10H2,1-4H3,(H2,27,28,29,34). The maximum atomic E-state index is 13.8. The second-order valence-electron chi connectivity index (χ2n) is 10.8. The van der Waals surface area contributed by atoms with Crippen molar-refractivity contribution in [2.75, 3.05) is 20.1 Å². The van der Waals surface area contributed by atoms with Gasteiger partial charge in [0.1, 0.15) is 18.4 Å². The molecule has 6 unspecified atom stereocenters. The number of amides is 1. The quantitative estimate of drug-likeness (QED) is 0.231. The predicted octanol–water partition coefficient (Wildman–Crippen LogP) is 1.76. The minimum Gasteiger partial charge on any atom is -0.339 e. The zero-order valence-corrected chi connectivity index (χ0v) is 20.0. The zero-order valence-electron chi connectivity index (χ0n) is 20.0. The van der Waals surface area contributed by atoms with Crippen LogP contribution < -0.4 is 26.9 Å². The minimum atomic E-state index is -4.59. The number of carbonyl (C=O) groups excluding carboxylic acids is 1. The van der Waals surface area contributed by atoms with Gasteiger partial charge in [-0.2, -0.15) is 13.2 Å². The highest BCUT2D eigenvalue weighted by molar-refractivity contribution is 5.98. The van der Waals surface area contributed by atoms with Gasteiger partial charge in [-0.25, -0.2) is 24.6 Å². The first-order valence-corrected chi connectivity index (χ1v) is 11.7. The Hall–Kier alpha value is -1.57. The lowest BCUT2D eigenvalue weighted by Crippen LogP contribution is -2.54. The Labute approximate surface area is 196 Å². The summed E-state index contributed by atoms with van der Waals surface area (Å²) in [5.74, 6) is -2.27. The molecule has 0 aromatic carbocycles. The number of carbonyl (C=O) groups is 1. The number of hydrogen-bond acceptors (Lipinski definition) is 6. The van der Waals surface area contributed by atoms with E-state index in [1.54, 1.807) is 0 Å². The van der Waals surface area contributed by atoms with Gasteiger partial charge in [0, 0.05) is 32.6 Å². The van der Waals surface area contributed by atoms with Crippen molar-refractivity contribution in [3.8, 4) is 0 Å². The van der Waals surface area contributed by atoms with Gasteiger partial charge in [0.25, 0.3) is 0 Å². The fourth-order valence-corrected chi connectivity index (χ4v) is 4.66. The minimum absolute atomic E-state index is 0.0609. The highest BCUT2D eigenvalue weighted by Crippen LogP contribution is 2.33. The molecule has 13 heteroatoms. The lowest BCUT2D eigenvalue weighted by atomic mass is 9.81. The van der Waals surface area contributed by atoms with Crippen LogP contribution in [0.5, 0.6) is 0 Å². The van der Waals surface area contributed by atoms with Gasteiger partial charge in [0.05, 0.1) is 12.1 Å². The van der Waals surface area contributed by atoms with E-state index in [4.69, 9.17) is 0 Å². The molecule has 0 aromatic rings. The van der Waals surface area contributed by atoms with E-state index in [1.807, 2.05) is 20.8 Å². The Morgan fingerprint density at radius 1 is 1.06 bits per heavy atom. The number of nitrogens with zero attached hydrogens (tertiary/aromatic N) is 2. The van der Waals surface area contributed by atoms with Crippen molar-refractivity contribution < 1.29 is 26.7 Å². The van der Waals surface area contributed by atoms with Crippen LogP contribution in [0.3, 0.4) is 0 Å². The summed E-state index contributed by atoms with van der Waals surface area (Å²) in [7, 11) is 1.45. The molecule has 3 aliphatic rings. The highest BCUT2D eigenvalue weighted by Gasteiger charge is 2.52. The molecule has 0 radical (unpaired) electrons. The lowest BCUT2D eigenvalue weighted by Gasteiger charge is -2.31. The Morgan fingerprint density at radius 2 is 1.71 bits per heavy atom. The number of nitrogens with one attached hydrogen (secondary N) is 5. The van der Waals surface area contributed by atoms with E-state index >= 15 is 0 Å². The predicted molar refractivity (Wildman–Crippen MR) is 118 cm³/mol. The molecule has 1 amide bonds. The van der Waals surface area contributed by atoms with Gasteiger partial charge >= 0.3 is 6.18 Å². The van der Waals surface area contributed by atoms with Gasteiger partial charge in [-0.1, -0.05) is 20.8 Å². The maximum absolute atomic E-state index is 13.8. The second-order valence-corrected chi connectivity index (χ2v) is 10.8. The molecular formula is C21H36F5N7O. The van der Waals surface area contributed by atoms with E-state index in [1.165, 1.54) is 12.1 Å². The number of hydrazine groups is 2. The van der Waals surface area contributed by atoms with E-state index in [0.717, 1.165) is 0 Å². The summed E-state index contributed by atoms with van der Waals surface area (Å²) in [5, 5.41) is 6.82. The number of guanidine groups is 1. The Morgan fingerprint density at radius 3 is 2.29 bits per heavy atom. The van der Waals surface area contributed by atoms with Crippen LogP contribution in [0, 0.1) is 17.3 Å². The second kappa shape index (κ2) is 10.6. The molecule has 0 bridgehead atoms. The van der Waals surface area contributed by atoms with Gasteiger partial charge in [-0.3, -0.25) is 20.5 Å². The Kier molecular flexibility index (Phi) is 8.42. The third kappa shape index (κ3) is 7.46. The molecule has 3 fully saturated rings. The normalized spacial score (nSPS) is 36.0. The van der Waals surface area contributed by atoms with Crippen molar-refractivity contribution in [1.29, 1.82) is 0 Å². The van der Waals surface area contributed by atoms with Crippen molar-refractivity contribution in [3.05, 3.63) is 0 Å². The van der Waals surface area contributed by atoms with Gasteiger partial charge in [0.15, 0.2) is 5.96 Å². The van der Waals surface area contributed by atoms with Crippen molar-refractivity contribution in [2.24, 2.45) is 22.2 Å². The molecular weight excluding hydrogens is 461 g/mol. The molecule has 196 valence electrons. The average Bonchev–Trinajstić information content (AvgIpc) is 3.31. The van der Waals surface area contributed by atoms with Crippen LogP contribution in [0.1, 0.15) is 46.5 Å². The molecule has 0 spiro atoms. The van der Waals surface area contributed by atoms with Gasteiger partial charge < -0.3 is 5.32 Å². The van der Waals surface area contributed by atoms with Crippen molar-refractivity contribution >= 4 is 11.9 Å². The lowest BCUT2D eigenvalue weighted by molar-refractivity contribution is -0.168. The fourth-order valence-electron chi connectivity index (χ4n) is 4.66. The van der Waals surface area contributed by atoms with Gasteiger partial charge in [0.2, 0.25) is 5.91 Å². The van der Waals surface area contributed by atoms with Crippen LogP contribution in [-0.2, 0) is 4.79 Å². The summed E-state index contributed by atoms with van der Waals surface area (Å²) in [6, 6.07) is -2.18. The van der Waals surface area contributed by atoms with Crippen molar-refractivity contribution in [3.63, 3.8) is 0 Å². The molecule has 2 heterocycles. The maximum Gasteiger partial charge on any atom is 0.405 e.